The molecule has 0 saturated heterocycles. The first-order valence-corrected chi connectivity index (χ1v) is 15.3. The summed E-state index contributed by atoms with van der Waals surface area (Å²) >= 11 is 2.63. The van der Waals surface area contributed by atoms with Crippen LogP contribution in [0, 0.1) is 11.7 Å². The van der Waals surface area contributed by atoms with Crippen molar-refractivity contribution < 1.29 is 53.1 Å². The molecule has 0 bridgehead atoms. The first-order chi connectivity index (χ1) is 20.3. The van der Waals surface area contributed by atoms with Crippen molar-refractivity contribution in [3.05, 3.63) is 87.6 Å². The highest BCUT2D eigenvalue weighted by Gasteiger charge is 2.73. The van der Waals surface area contributed by atoms with Gasteiger partial charge in [-0.05, 0) is 71.1 Å². The molecule has 0 aromatic heterocycles. The quantitative estimate of drug-likeness (QED) is 0.244. The van der Waals surface area contributed by atoms with Gasteiger partial charge in [0.15, 0.2) is 15.7 Å². The van der Waals surface area contributed by atoms with E-state index in [9.17, 15) is 48.7 Å². The van der Waals surface area contributed by atoms with Crippen LogP contribution in [-0.4, -0.2) is 45.4 Å². The number of rotatable bonds is 8. The summed E-state index contributed by atoms with van der Waals surface area (Å²) in [5, 5.41) is 1.99. The zero-order chi connectivity index (χ0) is 32.8. The number of carbonyl (C=O) groups is 2. The Bertz CT molecular complexity index is 1690. The van der Waals surface area contributed by atoms with Crippen LogP contribution >= 0.6 is 15.9 Å². The first-order valence-electron chi connectivity index (χ1n) is 12.6. The number of alkyl halides is 7. The van der Waals surface area contributed by atoms with Crippen LogP contribution in [0.3, 0.4) is 0 Å². The van der Waals surface area contributed by atoms with Crippen LogP contribution in [0.2, 0.25) is 0 Å². The second-order valence-electron chi connectivity index (χ2n) is 10.1. The highest BCUT2D eigenvalue weighted by atomic mass is 79.9. The highest BCUT2D eigenvalue weighted by molar-refractivity contribution is 9.10. The van der Waals surface area contributed by atoms with Crippen LogP contribution < -0.4 is 10.2 Å². The first kappa shape index (κ1) is 33.4. The third kappa shape index (κ3) is 6.46. The molecule has 6 nitrogen and oxygen atoms in total. The van der Waals surface area contributed by atoms with Crippen LogP contribution in [-0.2, 0) is 15.5 Å². The molecule has 0 spiro atoms. The second-order valence-corrected chi connectivity index (χ2v) is 12.9. The van der Waals surface area contributed by atoms with Gasteiger partial charge >= 0.3 is 18.0 Å². The van der Waals surface area contributed by atoms with Gasteiger partial charge in [0.2, 0.25) is 0 Å². The number of hydrogen-bond donors (Lipinski definition) is 1. The number of nitrogens with zero attached hydrogens (tertiary/aromatic N) is 1. The summed E-state index contributed by atoms with van der Waals surface area (Å²) in [7, 11) is -4.73. The Balaban J connectivity index is 1.78. The molecular formula is C28H21BrF8N2O4S. The predicted molar refractivity (Wildman–Crippen MR) is 147 cm³/mol. The molecule has 0 aliphatic heterocycles. The van der Waals surface area contributed by atoms with Gasteiger partial charge in [-0.2, -0.15) is 26.3 Å². The van der Waals surface area contributed by atoms with Crippen LogP contribution in [0.25, 0.3) is 0 Å². The van der Waals surface area contributed by atoms with Gasteiger partial charge in [0.25, 0.3) is 11.8 Å². The summed E-state index contributed by atoms with van der Waals surface area (Å²) in [6.07, 6.45) is -11.1. The third-order valence-corrected chi connectivity index (χ3v) is 8.53. The highest BCUT2D eigenvalue weighted by Crippen LogP contribution is 2.54. The fourth-order valence-corrected chi connectivity index (χ4v) is 5.92. The molecule has 1 fully saturated rings. The molecule has 1 aliphatic carbocycles. The van der Waals surface area contributed by atoms with Crippen molar-refractivity contribution >= 4 is 49.0 Å². The van der Waals surface area contributed by atoms with Crippen LogP contribution in [0.5, 0.6) is 0 Å². The lowest BCUT2D eigenvalue weighted by Gasteiger charge is -2.31. The maximum absolute atomic E-state index is 15.9. The minimum Gasteiger partial charge on any atom is -0.320 e. The van der Waals surface area contributed by atoms with Crippen molar-refractivity contribution in [2.45, 2.75) is 35.8 Å². The maximum atomic E-state index is 15.9. The lowest BCUT2D eigenvalue weighted by molar-refractivity contribution is -0.348. The number of amides is 2. The number of halogens is 9. The van der Waals surface area contributed by atoms with Gasteiger partial charge < -0.3 is 10.2 Å². The monoisotopic (exact) mass is 712 g/mol. The summed E-state index contributed by atoms with van der Waals surface area (Å²) in [6.45, 7) is 0.115. The van der Waals surface area contributed by atoms with E-state index in [0.717, 1.165) is 23.8 Å². The average molecular weight is 713 g/mol. The fourth-order valence-electron chi connectivity index (χ4n) is 4.35. The molecular weight excluding hydrogens is 692 g/mol. The second kappa shape index (κ2) is 11.8. The molecule has 4 rings (SSSR count). The molecule has 0 unspecified atom stereocenters. The van der Waals surface area contributed by atoms with Crippen molar-refractivity contribution in [2.24, 2.45) is 5.92 Å². The average Bonchev–Trinajstić information content (AvgIpc) is 3.75. The Labute approximate surface area is 254 Å². The largest absolute Gasteiger partial charge is 0.435 e. The zero-order valence-corrected chi connectivity index (χ0v) is 24.8. The zero-order valence-electron chi connectivity index (χ0n) is 22.4. The maximum Gasteiger partial charge on any atom is 0.435 e. The Morgan fingerprint density at radius 3 is 2.05 bits per heavy atom. The van der Waals surface area contributed by atoms with E-state index in [0.29, 0.717) is 6.26 Å². The van der Waals surface area contributed by atoms with Gasteiger partial charge in [-0.1, -0.05) is 24.3 Å². The molecule has 1 N–H and O–H groups in total. The molecule has 1 saturated carbocycles. The van der Waals surface area contributed by atoms with Gasteiger partial charge in [0, 0.05) is 28.4 Å². The molecule has 0 atom stereocenters. The van der Waals surface area contributed by atoms with Crippen molar-refractivity contribution in [1.29, 1.82) is 0 Å². The standard InChI is InChI=1S/C28H21BrF8N2O4S/c1-44(42,43)21-13-17(26(31,27(32,33)34)28(35,36)37)12-19(29)23(21)38-24(40)18-8-5-9-20(22(18)30)39(14-15-10-11-15)25(41)16-6-3-2-4-7-16/h2-9,12-13,15H,10-11,14H2,1H3,(H,38,40). The van der Waals surface area contributed by atoms with Crippen LogP contribution in [0.1, 0.15) is 39.1 Å². The van der Waals surface area contributed by atoms with E-state index < -0.39 is 71.7 Å². The summed E-state index contributed by atoms with van der Waals surface area (Å²) in [5.41, 5.74) is -9.76. The molecule has 3 aromatic rings. The topological polar surface area (TPSA) is 83.6 Å². The number of nitrogens with one attached hydrogen (secondary N) is 1. The number of benzene rings is 3. The molecule has 16 heteroatoms. The van der Waals surface area contributed by atoms with E-state index in [-0.39, 0.29) is 35.8 Å². The van der Waals surface area contributed by atoms with E-state index in [1.165, 1.54) is 24.3 Å². The summed E-state index contributed by atoms with van der Waals surface area (Å²) in [5.74, 6) is -3.07. The summed E-state index contributed by atoms with van der Waals surface area (Å²) in [6, 6.07) is 11.1. The molecule has 1 aliphatic rings. The minimum absolute atomic E-state index is 0.0218. The summed E-state index contributed by atoms with van der Waals surface area (Å²) in [4.78, 5) is 26.3. The number of carbonyl (C=O) groups excluding carboxylic acids is 2. The van der Waals surface area contributed by atoms with Gasteiger partial charge in [0.1, 0.15) is 0 Å². The Morgan fingerprint density at radius 1 is 0.932 bits per heavy atom. The van der Waals surface area contributed by atoms with Gasteiger partial charge in [0.05, 0.1) is 21.8 Å². The Hall–Kier alpha value is -3.53. The Kier molecular flexibility index (Phi) is 8.92. The van der Waals surface area contributed by atoms with E-state index in [4.69, 9.17) is 0 Å². The SMILES string of the molecule is CS(=O)(=O)c1cc(C(F)(C(F)(F)F)C(F)(F)F)cc(Br)c1NC(=O)c1cccc(N(CC2CC2)C(=O)c2ccccc2)c1F. The number of anilines is 2. The molecule has 0 radical (unpaired) electrons. The number of hydrogen-bond acceptors (Lipinski definition) is 4. The molecule has 2 amide bonds. The van der Waals surface area contributed by atoms with E-state index in [2.05, 4.69) is 15.9 Å². The Morgan fingerprint density at radius 2 is 1.52 bits per heavy atom. The van der Waals surface area contributed by atoms with Gasteiger partial charge in [-0.3, -0.25) is 9.59 Å². The fraction of sp³-hybridized carbons (Fsp3) is 0.286. The van der Waals surface area contributed by atoms with E-state index in [1.807, 2.05) is 5.32 Å². The predicted octanol–water partition coefficient (Wildman–Crippen LogP) is 7.59. The third-order valence-electron chi connectivity index (χ3n) is 6.79. The summed E-state index contributed by atoms with van der Waals surface area (Å²) < 4.78 is 135. The van der Waals surface area contributed by atoms with Crippen molar-refractivity contribution in [3.8, 4) is 0 Å². The van der Waals surface area contributed by atoms with Crippen LogP contribution in [0.15, 0.2) is 70.0 Å². The molecule has 236 valence electrons. The molecule has 44 heavy (non-hydrogen) atoms. The van der Waals surface area contributed by atoms with Crippen molar-refractivity contribution in [2.75, 3.05) is 23.0 Å². The van der Waals surface area contributed by atoms with Gasteiger partial charge in [-0.15, -0.1) is 0 Å². The van der Waals surface area contributed by atoms with Crippen molar-refractivity contribution in [3.63, 3.8) is 0 Å². The van der Waals surface area contributed by atoms with Crippen molar-refractivity contribution in [1.82, 2.24) is 0 Å². The normalized spacial score (nSPS) is 14.3. The lowest BCUT2D eigenvalue weighted by atomic mass is 9.94. The lowest BCUT2D eigenvalue weighted by Crippen LogP contribution is -2.50. The molecule has 3 aromatic carbocycles. The van der Waals surface area contributed by atoms with Crippen LogP contribution in [0.4, 0.5) is 46.5 Å². The minimum atomic E-state index is -6.54. The van der Waals surface area contributed by atoms with Gasteiger partial charge in [-0.25, -0.2) is 17.2 Å². The van der Waals surface area contributed by atoms with E-state index in [1.54, 1.807) is 18.2 Å². The molecule has 0 heterocycles. The number of sulfone groups is 1. The smallest absolute Gasteiger partial charge is 0.320 e. The van der Waals surface area contributed by atoms with E-state index >= 15 is 4.39 Å².